The highest BCUT2D eigenvalue weighted by Gasteiger charge is 2.56. The van der Waals surface area contributed by atoms with Gasteiger partial charge in [-0.1, -0.05) is 52.9 Å². The summed E-state index contributed by atoms with van der Waals surface area (Å²) < 4.78 is 19.2. The van der Waals surface area contributed by atoms with E-state index in [0.717, 1.165) is 27.4 Å². The third kappa shape index (κ3) is 4.82. The molecule has 0 unspecified atom stereocenters. The number of amides is 3. The molecule has 0 radical (unpaired) electrons. The van der Waals surface area contributed by atoms with Crippen LogP contribution >= 0.6 is 23.1 Å². The highest BCUT2D eigenvalue weighted by Crippen LogP contribution is 2.53. The Morgan fingerprint density at radius 3 is 2.38 bits per heavy atom. The fourth-order valence-electron chi connectivity index (χ4n) is 4.98. The van der Waals surface area contributed by atoms with Gasteiger partial charge in [0.05, 0.1) is 16.6 Å². The zero-order valence-corrected chi connectivity index (χ0v) is 22.7. The van der Waals surface area contributed by atoms with Crippen LogP contribution in [0.5, 0.6) is 5.75 Å². The minimum Gasteiger partial charge on any atom is -0.484 e. The Morgan fingerprint density at radius 1 is 0.975 bits per heavy atom. The second-order valence-electron chi connectivity index (χ2n) is 9.51. The SMILES string of the molecule is Cc1ccc(NC(=O)COc2ccc([C@@H]3c4sc(=O)[nH]c4S[C@H]4C(=O)N(c5ccc(F)cc5)C(=O)[C@@H]34)cc2)cc1. The van der Waals surface area contributed by atoms with Gasteiger partial charge >= 0.3 is 4.87 Å². The molecule has 8 nitrogen and oxygen atoms in total. The van der Waals surface area contributed by atoms with E-state index in [0.29, 0.717) is 27.0 Å². The first-order valence-corrected chi connectivity index (χ1v) is 14.1. The number of halogens is 1. The minimum absolute atomic E-state index is 0.193. The van der Waals surface area contributed by atoms with E-state index in [9.17, 15) is 23.6 Å². The first-order valence-electron chi connectivity index (χ1n) is 12.4. The Kier molecular flexibility index (Phi) is 6.77. The van der Waals surface area contributed by atoms with Crippen LogP contribution in [0, 0.1) is 18.7 Å². The highest BCUT2D eigenvalue weighted by molar-refractivity contribution is 8.00. The van der Waals surface area contributed by atoms with E-state index >= 15 is 0 Å². The van der Waals surface area contributed by atoms with Crippen molar-refractivity contribution >= 4 is 52.2 Å². The third-order valence-electron chi connectivity index (χ3n) is 6.85. The molecule has 11 heteroatoms. The van der Waals surface area contributed by atoms with Crippen molar-refractivity contribution in [2.24, 2.45) is 5.92 Å². The van der Waals surface area contributed by atoms with Crippen molar-refractivity contribution in [3.05, 3.63) is 104 Å². The number of aromatic nitrogens is 1. The Labute approximate surface area is 236 Å². The van der Waals surface area contributed by atoms with E-state index in [-0.39, 0.29) is 17.4 Å². The van der Waals surface area contributed by atoms with Crippen LogP contribution in [0.3, 0.4) is 0 Å². The van der Waals surface area contributed by atoms with Gasteiger partial charge in [-0.05, 0) is 61.0 Å². The maximum absolute atomic E-state index is 13.7. The molecule has 2 N–H and O–H groups in total. The number of imide groups is 1. The molecular weight excluding hydrogens is 553 g/mol. The van der Waals surface area contributed by atoms with Gasteiger partial charge in [-0.2, -0.15) is 0 Å². The number of ether oxygens (including phenoxy) is 1. The molecule has 1 aromatic heterocycles. The number of nitrogens with zero attached hydrogens (tertiary/aromatic N) is 1. The molecule has 0 saturated carbocycles. The molecule has 2 aliphatic rings. The van der Waals surface area contributed by atoms with Crippen molar-refractivity contribution in [2.75, 3.05) is 16.8 Å². The van der Waals surface area contributed by atoms with Crippen LogP contribution in [0.1, 0.15) is 21.9 Å². The number of hydrogen-bond acceptors (Lipinski definition) is 7. The second kappa shape index (κ2) is 10.4. The monoisotopic (exact) mass is 575 g/mol. The molecule has 2 aliphatic heterocycles. The molecule has 1 fully saturated rings. The number of hydrogen-bond donors (Lipinski definition) is 2. The Hall–Kier alpha value is -4.22. The molecule has 3 amide bonds. The van der Waals surface area contributed by atoms with Crippen LogP contribution in [0.4, 0.5) is 15.8 Å². The minimum atomic E-state index is -0.756. The van der Waals surface area contributed by atoms with Crippen LogP contribution in [0.25, 0.3) is 0 Å². The number of anilines is 2. The number of rotatable bonds is 6. The molecule has 3 atom stereocenters. The number of aryl methyl sites for hydroxylation is 1. The van der Waals surface area contributed by atoms with Crippen LogP contribution in [-0.2, 0) is 14.4 Å². The molecule has 0 bridgehead atoms. The van der Waals surface area contributed by atoms with Gasteiger partial charge in [0.1, 0.15) is 16.8 Å². The maximum Gasteiger partial charge on any atom is 0.305 e. The number of aromatic amines is 1. The predicted octanol–water partition coefficient (Wildman–Crippen LogP) is 4.70. The van der Waals surface area contributed by atoms with Gasteiger partial charge in [0.15, 0.2) is 6.61 Å². The van der Waals surface area contributed by atoms with Crippen molar-refractivity contribution in [1.29, 1.82) is 0 Å². The fourth-order valence-corrected chi connectivity index (χ4v) is 7.49. The van der Waals surface area contributed by atoms with E-state index in [4.69, 9.17) is 4.74 Å². The van der Waals surface area contributed by atoms with Crippen molar-refractivity contribution in [1.82, 2.24) is 4.98 Å². The summed E-state index contributed by atoms with van der Waals surface area (Å²) in [6.45, 7) is 1.77. The van der Waals surface area contributed by atoms with Crippen LogP contribution in [-0.4, -0.2) is 34.6 Å². The molecule has 3 heterocycles. The number of carbonyl (C=O) groups is 3. The number of fused-ring (bicyclic) bond motifs is 2. The largest absolute Gasteiger partial charge is 0.484 e. The predicted molar refractivity (Wildman–Crippen MR) is 151 cm³/mol. The number of nitrogens with one attached hydrogen (secondary N) is 2. The lowest BCUT2D eigenvalue weighted by atomic mass is 9.83. The van der Waals surface area contributed by atoms with Crippen LogP contribution in [0.2, 0.25) is 0 Å². The summed E-state index contributed by atoms with van der Waals surface area (Å²) >= 11 is 2.19. The summed E-state index contributed by atoms with van der Waals surface area (Å²) in [7, 11) is 0. The van der Waals surface area contributed by atoms with Gasteiger partial charge in [0, 0.05) is 16.5 Å². The number of thioether (sulfide) groups is 1. The molecule has 0 aliphatic carbocycles. The normalized spacial score (nSPS) is 19.8. The van der Waals surface area contributed by atoms with Gasteiger partial charge in [0.25, 0.3) is 5.91 Å². The topological polar surface area (TPSA) is 109 Å². The molecule has 0 spiro atoms. The van der Waals surface area contributed by atoms with Gasteiger partial charge in [-0.3, -0.25) is 19.2 Å². The van der Waals surface area contributed by atoms with Gasteiger partial charge < -0.3 is 15.0 Å². The number of thiazole rings is 1. The fraction of sp³-hybridized carbons (Fsp3) is 0.172. The smallest absolute Gasteiger partial charge is 0.305 e. The van der Waals surface area contributed by atoms with Crippen molar-refractivity contribution in [3.8, 4) is 5.75 Å². The summed E-state index contributed by atoms with van der Waals surface area (Å²) in [5.74, 6) is -2.44. The van der Waals surface area contributed by atoms with Gasteiger partial charge in [-0.25, -0.2) is 9.29 Å². The molecule has 202 valence electrons. The number of carbonyl (C=O) groups excluding carboxylic acids is 3. The standard InChI is InChI=1S/C29H22FN3O5S2/c1-15-2-8-18(9-3-15)31-21(34)14-38-20-12-4-16(5-13-20)22-23-25(39-26-24(22)40-29(37)32-26)28(36)33(27(23)35)19-10-6-17(30)7-11-19/h2-13,22-23,25H,14H2,1H3,(H,31,34)(H,32,37)/t22-,23-,25+/m0/s1. The molecule has 6 rings (SSSR count). The lowest BCUT2D eigenvalue weighted by Gasteiger charge is -2.29. The lowest BCUT2D eigenvalue weighted by molar-refractivity contribution is -0.122. The second-order valence-corrected chi connectivity index (χ2v) is 11.7. The highest BCUT2D eigenvalue weighted by atomic mass is 32.2. The zero-order chi connectivity index (χ0) is 28.0. The molecule has 40 heavy (non-hydrogen) atoms. The number of H-pyrrole nitrogens is 1. The average molecular weight is 576 g/mol. The summed E-state index contributed by atoms with van der Waals surface area (Å²) in [4.78, 5) is 56.0. The maximum atomic E-state index is 13.7. The molecule has 3 aromatic carbocycles. The summed E-state index contributed by atoms with van der Waals surface area (Å²) in [6, 6.07) is 19.6. The summed E-state index contributed by atoms with van der Waals surface area (Å²) in [6.07, 6.45) is 0. The first-order chi connectivity index (χ1) is 19.3. The molecular formula is C29H22FN3O5S2. The van der Waals surface area contributed by atoms with E-state index in [1.54, 1.807) is 24.3 Å². The molecule has 1 saturated heterocycles. The van der Waals surface area contributed by atoms with Gasteiger partial charge in [-0.15, -0.1) is 0 Å². The molecule has 4 aromatic rings. The average Bonchev–Trinajstić information content (AvgIpc) is 3.44. The van der Waals surface area contributed by atoms with E-state index in [2.05, 4.69) is 10.3 Å². The van der Waals surface area contributed by atoms with Crippen LogP contribution in [0.15, 0.2) is 82.6 Å². The first kappa shape index (κ1) is 26.0. The van der Waals surface area contributed by atoms with E-state index in [1.165, 1.54) is 36.0 Å². The third-order valence-corrected chi connectivity index (χ3v) is 9.25. The Bertz CT molecular complexity index is 1670. The van der Waals surface area contributed by atoms with Crippen LogP contribution < -0.4 is 19.8 Å². The number of benzene rings is 3. The Morgan fingerprint density at radius 2 is 1.68 bits per heavy atom. The zero-order valence-electron chi connectivity index (χ0n) is 21.1. The quantitative estimate of drug-likeness (QED) is 0.323. The summed E-state index contributed by atoms with van der Waals surface area (Å²) in [5.41, 5.74) is 2.79. The van der Waals surface area contributed by atoms with E-state index < -0.39 is 34.7 Å². The van der Waals surface area contributed by atoms with Gasteiger partial charge in [0.2, 0.25) is 11.8 Å². The van der Waals surface area contributed by atoms with Crippen molar-refractivity contribution in [3.63, 3.8) is 0 Å². The van der Waals surface area contributed by atoms with Crippen molar-refractivity contribution < 1.29 is 23.5 Å². The summed E-state index contributed by atoms with van der Waals surface area (Å²) in [5, 5.41) is 2.60. The Balaban J connectivity index is 1.24. The lowest BCUT2D eigenvalue weighted by Crippen LogP contribution is -2.32. The van der Waals surface area contributed by atoms with E-state index in [1.807, 2.05) is 31.2 Å². The van der Waals surface area contributed by atoms with Crippen molar-refractivity contribution in [2.45, 2.75) is 23.1 Å².